The highest BCUT2D eigenvalue weighted by atomic mass is 35.5. The minimum atomic E-state index is -0.572. The van der Waals surface area contributed by atoms with E-state index >= 15 is 0 Å². The molecule has 0 fully saturated rings. The average Bonchev–Trinajstić information content (AvgIpc) is 2.72. The van der Waals surface area contributed by atoms with Gasteiger partial charge in [0.25, 0.3) is 0 Å². The number of ketones is 1. The highest BCUT2D eigenvalue weighted by Crippen LogP contribution is 2.23. The maximum absolute atomic E-state index is 12.7. The van der Waals surface area contributed by atoms with Crippen LogP contribution in [0.2, 0.25) is 5.02 Å². The molecule has 0 aliphatic carbocycles. The molecule has 3 aromatic rings. The first-order chi connectivity index (χ1) is 13.2. The van der Waals surface area contributed by atoms with Crippen molar-refractivity contribution in [2.45, 2.75) is 0 Å². The summed E-state index contributed by atoms with van der Waals surface area (Å²) < 4.78 is 10.8. The summed E-state index contributed by atoms with van der Waals surface area (Å²) in [5, 5.41) is 0.489. The lowest BCUT2D eigenvalue weighted by molar-refractivity contribution is 0.0448. The Morgan fingerprint density at radius 2 is 1.37 bits per heavy atom. The summed E-state index contributed by atoms with van der Waals surface area (Å²) in [6.07, 6.45) is 0. The number of carbonyl (C=O) groups excluding carboxylic acids is 2. The molecule has 3 aromatic carbocycles. The quantitative estimate of drug-likeness (QED) is 0.335. The van der Waals surface area contributed by atoms with Crippen LogP contribution in [0, 0.1) is 0 Å². The molecule has 27 heavy (non-hydrogen) atoms. The van der Waals surface area contributed by atoms with Gasteiger partial charge in [-0.1, -0.05) is 72.3 Å². The van der Waals surface area contributed by atoms with Gasteiger partial charge in [-0.05, 0) is 18.2 Å². The van der Waals surface area contributed by atoms with Crippen LogP contribution in [0.5, 0.6) is 5.75 Å². The molecule has 0 aliphatic heterocycles. The number of esters is 1. The molecule has 0 saturated carbocycles. The average molecular weight is 381 g/mol. The Labute approximate surface area is 162 Å². The Morgan fingerprint density at radius 1 is 0.741 bits per heavy atom. The largest absolute Gasteiger partial charge is 0.488 e. The van der Waals surface area contributed by atoms with E-state index in [1.165, 1.54) is 0 Å². The van der Waals surface area contributed by atoms with E-state index in [1.54, 1.807) is 72.8 Å². The number of hydrogen-bond acceptors (Lipinski definition) is 4. The first-order valence-electron chi connectivity index (χ1n) is 8.40. The first-order valence-corrected chi connectivity index (χ1v) is 8.78. The van der Waals surface area contributed by atoms with E-state index < -0.39 is 5.97 Å². The van der Waals surface area contributed by atoms with Gasteiger partial charge in [0.1, 0.15) is 19.0 Å². The monoisotopic (exact) mass is 380 g/mol. The summed E-state index contributed by atoms with van der Waals surface area (Å²) in [5.41, 5.74) is 1.05. The molecule has 0 bridgehead atoms. The van der Waals surface area contributed by atoms with Crippen LogP contribution in [-0.4, -0.2) is 25.0 Å². The van der Waals surface area contributed by atoms with Gasteiger partial charge in [-0.3, -0.25) is 4.79 Å². The Morgan fingerprint density at radius 3 is 2.11 bits per heavy atom. The van der Waals surface area contributed by atoms with Gasteiger partial charge in [0.2, 0.25) is 0 Å². The Kier molecular flexibility index (Phi) is 6.23. The van der Waals surface area contributed by atoms with Crippen molar-refractivity contribution >= 4 is 23.4 Å². The van der Waals surface area contributed by atoms with E-state index in [1.807, 2.05) is 6.07 Å². The standard InChI is InChI=1S/C22H17ClO4/c23-19-12-6-7-13-20(19)26-14-15-27-22(25)18-11-5-4-10-17(18)21(24)16-8-2-1-3-9-16/h1-13H,14-15H2. The van der Waals surface area contributed by atoms with Crippen molar-refractivity contribution in [3.63, 3.8) is 0 Å². The van der Waals surface area contributed by atoms with Crippen LogP contribution < -0.4 is 4.74 Å². The van der Waals surface area contributed by atoms with E-state index in [4.69, 9.17) is 21.1 Å². The zero-order valence-electron chi connectivity index (χ0n) is 14.4. The second-order valence-corrected chi connectivity index (χ2v) is 6.06. The maximum Gasteiger partial charge on any atom is 0.339 e. The Hall–Kier alpha value is -3.11. The summed E-state index contributed by atoms with van der Waals surface area (Å²) in [6, 6.07) is 22.5. The SMILES string of the molecule is O=C(OCCOc1ccccc1Cl)c1ccccc1C(=O)c1ccccc1. The lowest BCUT2D eigenvalue weighted by Crippen LogP contribution is -2.16. The van der Waals surface area contributed by atoms with Crippen LogP contribution in [-0.2, 0) is 4.74 Å². The van der Waals surface area contributed by atoms with E-state index in [0.717, 1.165) is 0 Å². The number of para-hydroxylation sites is 1. The molecule has 0 N–H and O–H groups in total. The summed E-state index contributed by atoms with van der Waals surface area (Å²) in [6.45, 7) is 0.197. The van der Waals surface area contributed by atoms with E-state index in [-0.39, 0.29) is 24.6 Å². The fraction of sp³-hybridized carbons (Fsp3) is 0.0909. The number of benzene rings is 3. The minimum absolute atomic E-state index is 0.0396. The second-order valence-electron chi connectivity index (χ2n) is 5.66. The van der Waals surface area contributed by atoms with Crippen molar-refractivity contribution in [2.24, 2.45) is 0 Å². The smallest absolute Gasteiger partial charge is 0.339 e. The molecule has 5 heteroatoms. The third kappa shape index (κ3) is 4.74. The predicted octanol–water partition coefficient (Wildman–Crippen LogP) is 4.81. The van der Waals surface area contributed by atoms with Gasteiger partial charge in [0, 0.05) is 11.1 Å². The van der Waals surface area contributed by atoms with Gasteiger partial charge in [0.05, 0.1) is 10.6 Å². The zero-order valence-corrected chi connectivity index (χ0v) is 15.2. The van der Waals surface area contributed by atoms with Crippen molar-refractivity contribution in [2.75, 3.05) is 13.2 Å². The number of carbonyl (C=O) groups is 2. The minimum Gasteiger partial charge on any atom is -0.488 e. The van der Waals surface area contributed by atoms with Gasteiger partial charge in [0.15, 0.2) is 5.78 Å². The van der Waals surface area contributed by atoms with Gasteiger partial charge in [-0.25, -0.2) is 4.79 Å². The molecular weight excluding hydrogens is 364 g/mol. The lowest BCUT2D eigenvalue weighted by atomic mass is 9.98. The molecule has 136 valence electrons. The number of rotatable bonds is 7. The maximum atomic E-state index is 12.7. The van der Waals surface area contributed by atoms with Crippen LogP contribution in [0.25, 0.3) is 0 Å². The van der Waals surface area contributed by atoms with Crippen LogP contribution in [0.15, 0.2) is 78.9 Å². The topological polar surface area (TPSA) is 52.6 Å². The molecule has 4 nitrogen and oxygen atoms in total. The molecule has 3 rings (SSSR count). The molecule has 0 heterocycles. The van der Waals surface area contributed by atoms with Gasteiger partial charge in [-0.15, -0.1) is 0 Å². The van der Waals surface area contributed by atoms with E-state index in [0.29, 0.717) is 21.9 Å². The highest BCUT2D eigenvalue weighted by Gasteiger charge is 2.18. The Bertz CT molecular complexity index is 938. The van der Waals surface area contributed by atoms with E-state index in [2.05, 4.69) is 0 Å². The molecule has 0 amide bonds. The van der Waals surface area contributed by atoms with Crippen molar-refractivity contribution in [3.05, 3.63) is 101 Å². The summed E-state index contributed by atoms with van der Waals surface area (Å²) in [7, 11) is 0. The summed E-state index contributed by atoms with van der Waals surface area (Å²) in [5.74, 6) is -0.275. The predicted molar refractivity (Wildman–Crippen MR) is 104 cm³/mol. The third-order valence-corrected chi connectivity index (χ3v) is 4.15. The van der Waals surface area contributed by atoms with Crippen LogP contribution in [0.4, 0.5) is 0 Å². The second kappa shape index (κ2) is 9.01. The van der Waals surface area contributed by atoms with Crippen molar-refractivity contribution in [1.82, 2.24) is 0 Å². The third-order valence-electron chi connectivity index (χ3n) is 3.84. The zero-order chi connectivity index (χ0) is 19.1. The molecule has 0 saturated heterocycles. The highest BCUT2D eigenvalue weighted by molar-refractivity contribution is 6.32. The molecule has 0 radical (unpaired) electrons. The molecular formula is C22H17ClO4. The number of halogens is 1. The fourth-order valence-corrected chi connectivity index (χ4v) is 2.72. The van der Waals surface area contributed by atoms with Crippen molar-refractivity contribution in [1.29, 1.82) is 0 Å². The molecule has 0 atom stereocenters. The van der Waals surface area contributed by atoms with Crippen LogP contribution in [0.3, 0.4) is 0 Å². The first kappa shape index (κ1) is 18.7. The summed E-state index contributed by atoms with van der Waals surface area (Å²) >= 11 is 6.01. The lowest BCUT2D eigenvalue weighted by Gasteiger charge is -2.10. The molecule has 0 aromatic heterocycles. The van der Waals surface area contributed by atoms with Gasteiger partial charge < -0.3 is 9.47 Å². The van der Waals surface area contributed by atoms with Crippen molar-refractivity contribution < 1.29 is 19.1 Å². The number of ether oxygens (including phenoxy) is 2. The van der Waals surface area contributed by atoms with Crippen LogP contribution in [0.1, 0.15) is 26.3 Å². The van der Waals surface area contributed by atoms with Crippen LogP contribution >= 0.6 is 11.6 Å². The molecule has 0 unspecified atom stereocenters. The Balaban J connectivity index is 1.64. The summed E-state index contributed by atoms with van der Waals surface area (Å²) in [4.78, 5) is 25.1. The van der Waals surface area contributed by atoms with E-state index in [9.17, 15) is 9.59 Å². The van der Waals surface area contributed by atoms with Crippen molar-refractivity contribution in [3.8, 4) is 5.75 Å². The fourth-order valence-electron chi connectivity index (χ4n) is 2.53. The molecule has 0 spiro atoms. The molecule has 0 aliphatic rings. The normalized spacial score (nSPS) is 10.3. The van der Waals surface area contributed by atoms with Gasteiger partial charge >= 0.3 is 5.97 Å². The number of hydrogen-bond donors (Lipinski definition) is 0. The van der Waals surface area contributed by atoms with Gasteiger partial charge in [-0.2, -0.15) is 0 Å².